The number of hydrogen-bond donors (Lipinski definition) is 1. The van der Waals surface area contributed by atoms with Crippen LogP contribution in [0.5, 0.6) is 11.5 Å². The average Bonchev–Trinajstić information content (AvgIpc) is 2.72. The standard InChI is InChI=1S/C20H22N2O6S/c1-20(11-12-22(20)18(23)14-7-5-4-6-8-14)19(24)21-29(25,26)17-13-15(27-2)9-10-16(17)28-3/h4-10,13H,11-12H2,1-3H3,(H,21,24). The second-order valence-corrected chi connectivity index (χ2v) is 8.45. The van der Waals surface area contributed by atoms with Gasteiger partial charge in [-0.05, 0) is 37.6 Å². The summed E-state index contributed by atoms with van der Waals surface area (Å²) in [4.78, 5) is 26.8. The molecule has 1 saturated heterocycles. The van der Waals surface area contributed by atoms with Crippen LogP contribution >= 0.6 is 0 Å². The molecule has 0 aromatic heterocycles. The third kappa shape index (κ3) is 3.77. The Morgan fingerprint density at radius 3 is 2.31 bits per heavy atom. The minimum atomic E-state index is -4.25. The van der Waals surface area contributed by atoms with Gasteiger partial charge in [-0.1, -0.05) is 18.2 Å². The van der Waals surface area contributed by atoms with Crippen LogP contribution in [0.4, 0.5) is 0 Å². The topological polar surface area (TPSA) is 102 Å². The van der Waals surface area contributed by atoms with E-state index in [-0.39, 0.29) is 16.6 Å². The summed E-state index contributed by atoms with van der Waals surface area (Å²) in [5.74, 6) is -0.736. The van der Waals surface area contributed by atoms with Crippen LogP contribution in [0.25, 0.3) is 0 Å². The molecule has 8 nitrogen and oxygen atoms in total. The van der Waals surface area contributed by atoms with E-state index in [2.05, 4.69) is 4.72 Å². The highest BCUT2D eigenvalue weighted by atomic mass is 32.2. The molecule has 1 heterocycles. The summed E-state index contributed by atoms with van der Waals surface area (Å²) in [5.41, 5.74) is -0.838. The number of benzene rings is 2. The van der Waals surface area contributed by atoms with Crippen molar-refractivity contribution in [3.63, 3.8) is 0 Å². The van der Waals surface area contributed by atoms with E-state index in [1.165, 1.54) is 31.3 Å². The predicted octanol–water partition coefficient (Wildman–Crippen LogP) is 1.81. The number of nitrogens with one attached hydrogen (secondary N) is 1. The van der Waals surface area contributed by atoms with E-state index < -0.39 is 21.5 Å². The second-order valence-electron chi connectivity index (χ2n) is 6.80. The molecule has 2 aromatic rings. The molecule has 1 aliphatic heterocycles. The minimum Gasteiger partial charge on any atom is -0.497 e. The van der Waals surface area contributed by atoms with Crippen LogP contribution in [0.1, 0.15) is 23.7 Å². The molecule has 0 saturated carbocycles. The number of likely N-dealkylation sites (tertiary alicyclic amines) is 1. The lowest BCUT2D eigenvalue weighted by atomic mass is 9.85. The Morgan fingerprint density at radius 2 is 1.76 bits per heavy atom. The fourth-order valence-corrected chi connectivity index (χ4v) is 4.40. The summed E-state index contributed by atoms with van der Waals surface area (Å²) in [6.45, 7) is 1.91. The molecule has 2 amide bonds. The molecule has 0 spiro atoms. The van der Waals surface area contributed by atoms with Gasteiger partial charge < -0.3 is 14.4 Å². The zero-order valence-corrected chi connectivity index (χ0v) is 17.2. The molecular formula is C20H22N2O6S. The first-order valence-corrected chi connectivity index (χ1v) is 10.4. The van der Waals surface area contributed by atoms with Crippen LogP contribution in [0.2, 0.25) is 0 Å². The van der Waals surface area contributed by atoms with Crippen molar-refractivity contribution in [3.8, 4) is 11.5 Å². The van der Waals surface area contributed by atoms with Crippen molar-refractivity contribution in [3.05, 3.63) is 54.1 Å². The molecule has 1 aliphatic rings. The lowest BCUT2D eigenvalue weighted by molar-refractivity contribution is -0.135. The zero-order valence-electron chi connectivity index (χ0n) is 16.3. The number of sulfonamides is 1. The van der Waals surface area contributed by atoms with E-state index >= 15 is 0 Å². The third-order valence-corrected chi connectivity index (χ3v) is 6.41. The molecule has 0 radical (unpaired) electrons. The number of hydrogen-bond acceptors (Lipinski definition) is 6. The number of methoxy groups -OCH3 is 2. The van der Waals surface area contributed by atoms with E-state index in [1.807, 2.05) is 0 Å². The smallest absolute Gasteiger partial charge is 0.267 e. The van der Waals surface area contributed by atoms with Crippen LogP contribution in [0, 0.1) is 0 Å². The third-order valence-electron chi connectivity index (χ3n) is 5.06. The van der Waals surface area contributed by atoms with Crippen molar-refractivity contribution in [1.29, 1.82) is 0 Å². The number of rotatable bonds is 6. The van der Waals surface area contributed by atoms with Crippen molar-refractivity contribution in [2.45, 2.75) is 23.8 Å². The van der Waals surface area contributed by atoms with Gasteiger partial charge in [0.15, 0.2) is 0 Å². The van der Waals surface area contributed by atoms with Gasteiger partial charge in [-0.25, -0.2) is 13.1 Å². The average molecular weight is 418 g/mol. The SMILES string of the molecule is COc1ccc(OC)c(S(=O)(=O)NC(=O)C2(C)CCN2C(=O)c2ccccc2)c1. The van der Waals surface area contributed by atoms with Gasteiger partial charge in [0.25, 0.3) is 21.8 Å². The summed E-state index contributed by atoms with van der Waals surface area (Å²) in [7, 11) is -1.52. The molecule has 29 heavy (non-hydrogen) atoms. The van der Waals surface area contributed by atoms with Crippen molar-refractivity contribution in [1.82, 2.24) is 9.62 Å². The van der Waals surface area contributed by atoms with Crippen molar-refractivity contribution in [2.75, 3.05) is 20.8 Å². The maximum atomic E-state index is 12.9. The molecular weight excluding hydrogens is 396 g/mol. The fourth-order valence-electron chi connectivity index (χ4n) is 3.14. The largest absolute Gasteiger partial charge is 0.497 e. The molecule has 1 N–H and O–H groups in total. The van der Waals surface area contributed by atoms with Gasteiger partial charge in [0, 0.05) is 18.2 Å². The van der Waals surface area contributed by atoms with Gasteiger partial charge in [-0.3, -0.25) is 9.59 Å². The summed E-state index contributed by atoms with van der Waals surface area (Å²) < 4.78 is 38.0. The highest BCUT2D eigenvalue weighted by Crippen LogP contribution is 2.34. The molecule has 0 aliphatic carbocycles. The first-order chi connectivity index (χ1) is 13.7. The number of carbonyl (C=O) groups excluding carboxylic acids is 2. The van der Waals surface area contributed by atoms with Crippen LogP contribution < -0.4 is 14.2 Å². The molecule has 2 aromatic carbocycles. The van der Waals surface area contributed by atoms with E-state index in [4.69, 9.17) is 9.47 Å². The molecule has 1 unspecified atom stereocenters. The van der Waals surface area contributed by atoms with E-state index in [0.717, 1.165) is 0 Å². The first kappa shape index (κ1) is 20.7. The number of carbonyl (C=O) groups is 2. The van der Waals surface area contributed by atoms with Gasteiger partial charge in [0.05, 0.1) is 14.2 Å². The maximum Gasteiger partial charge on any atom is 0.267 e. The highest BCUT2D eigenvalue weighted by molar-refractivity contribution is 7.90. The van der Waals surface area contributed by atoms with Crippen LogP contribution in [-0.2, 0) is 14.8 Å². The van der Waals surface area contributed by atoms with Gasteiger partial charge in [0.1, 0.15) is 21.9 Å². The Hall–Kier alpha value is -3.07. The lowest BCUT2D eigenvalue weighted by Crippen LogP contribution is -2.67. The van der Waals surface area contributed by atoms with Gasteiger partial charge >= 0.3 is 0 Å². The zero-order chi connectivity index (χ0) is 21.2. The van der Waals surface area contributed by atoms with Gasteiger partial charge in [-0.2, -0.15) is 0 Å². The lowest BCUT2D eigenvalue weighted by Gasteiger charge is -2.48. The normalized spacial score (nSPS) is 18.5. The molecule has 154 valence electrons. The Labute approximate surface area is 169 Å². The Kier molecular flexibility index (Phi) is 5.52. The second kappa shape index (κ2) is 7.75. The van der Waals surface area contributed by atoms with Crippen LogP contribution in [0.3, 0.4) is 0 Å². The molecule has 3 rings (SSSR count). The minimum absolute atomic E-state index is 0.0714. The van der Waals surface area contributed by atoms with Crippen molar-refractivity contribution < 1.29 is 27.5 Å². The Balaban J connectivity index is 1.85. The molecule has 0 bridgehead atoms. The Bertz CT molecular complexity index is 1040. The number of nitrogens with zero attached hydrogens (tertiary/aromatic N) is 1. The maximum absolute atomic E-state index is 12.9. The fraction of sp³-hybridized carbons (Fsp3) is 0.300. The van der Waals surface area contributed by atoms with Crippen molar-refractivity contribution in [2.24, 2.45) is 0 Å². The van der Waals surface area contributed by atoms with Gasteiger partial charge in [0.2, 0.25) is 0 Å². The number of amides is 2. The highest BCUT2D eigenvalue weighted by Gasteiger charge is 2.50. The molecule has 1 atom stereocenters. The Morgan fingerprint density at radius 1 is 1.07 bits per heavy atom. The van der Waals surface area contributed by atoms with Crippen molar-refractivity contribution >= 4 is 21.8 Å². The predicted molar refractivity (Wildman–Crippen MR) is 105 cm³/mol. The summed E-state index contributed by atoms with van der Waals surface area (Å²) in [5, 5.41) is 0. The van der Waals surface area contributed by atoms with E-state index in [1.54, 1.807) is 43.3 Å². The molecule has 1 fully saturated rings. The first-order valence-electron chi connectivity index (χ1n) is 8.89. The monoisotopic (exact) mass is 418 g/mol. The summed E-state index contributed by atoms with van der Waals surface area (Å²) in [6.07, 6.45) is 0.349. The van der Waals surface area contributed by atoms with Crippen LogP contribution in [0.15, 0.2) is 53.4 Å². The van der Waals surface area contributed by atoms with E-state index in [9.17, 15) is 18.0 Å². The quantitative estimate of drug-likeness (QED) is 0.768. The van der Waals surface area contributed by atoms with Crippen LogP contribution in [-0.4, -0.2) is 51.4 Å². The van der Waals surface area contributed by atoms with E-state index in [0.29, 0.717) is 24.3 Å². The summed E-state index contributed by atoms with van der Waals surface area (Å²) >= 11 is 0. The number of ether oxygens (including phenoxy) is 2. The summed E-state index contributed by atoms with van der Waals surface area (Å²) in [6, 6.07) is 12.8. The molecule has 9 heteroatoms. The van der Waals surface area contributed by atoms with Gasteiger partial charge in [-0.15, -0.1) is 0 Å².